The van der Waals surface area contributed by atoms with Crippen LogP contribution in [0.4, 0.5) is 0 Å². The van der Waals surface area contributed by atoms with Crippen molar-refractivity contribution in [1.29, 1.82) is 0 Å². The highest BCUT2D eigenvalue weighted by molar-refractivity contribution is 6.28. The molecule has 0 amide bonds. The topological polar surface area (TPSA) is 13.1 Å². The maximum absolute atomic E-state index is 6.38. The van der Waals surface area contributed by atoms with Crippen LogP contribution in [0.25, 0.3) is 110 Å². The molecule has 0 aliphatic heterocycles. The molecule has 1 aliphatic carbocycles. The molecule has 0 bridgehead atoms. The largest absolute Gasteiger partial charge is 0.455 e. The third-order valence-corrected chi connectivity index (χ3v) is 13.2. The van der Waals surface area contributed by atoms with Gasteiger partial charge in [0, 0.05) is 16.3 Å². The van der Waals surface area contributed by atoms with Crippen LogP contribution in [-0.2, 0) is 0 Å². The zero-order chi connectivity index (χ0) is 47.3. The van der Waals surface area contributed by atoms with Gasteiger partial charge in [-0.25, -0.2) is 0 Å². The number of allylic oxidation sites excluding steroid dienone is 9. The van der Waals surface area contributed by atoms with Gasteiger partial charge in [0.1, 0.15) is 11.2 Å². The fraction of sp³-hybridized carbons (Fsp3) is 0.0882. The van der Waals surface area contributed by atoms with Gasteiger partial charge in [-0.15, -0.1) is 0 Å². The predicted octanol–water partition coefficient (Wildman–Crippen LogP) is 20.1. The van der Waals surface area contributed by atoms with Gasteiger partial charge >= 0.3 is 0 Å². The Balaban J connectivity index is 0.000000297. The number of hydrogen-bond acceptors (Lipinski definition) is 1. The van der Waals surface area contributed by atoms with Gasteiger partial charge in [0.15, 0.2) is 0 Å². The Morgan fingerprint density at radius 1 is 0.464 bits per heavy atom. The van der Waals surface area contributed by atoms with Gasteiger partial charge in [-0.1, -0.05) is 231 Å². The summed E-state index contributed by atoms with van der Waals surface area (Å²) in [5.41, 5.74) is 17.7. The Bertz CT molecular complexity index is 3750. The summed E-state index contributed by atoms with van der Waals surface area (Å²) in [6, 6.07) is 70.3. The quantitative estimate of drug-likeness (QED) is 0.0883. The molecular weight excluding hydrogens is 833 g/mol. The van der Waals surface area contributed by atoms with Crippen molar-refractivity contribution in [1.82, 2.24) is 0 Å². The van der Waals surface area contributed by atoms with E-state index in [1.165, 1.54) is 88.0 Å². The minimum Gasteiger partial charge on any atom is -0.455 e. The zero-order valence-electron chi connectivity index (χ0n) is 40.0. The second-order valence-corrected chi connectivity index (χ2v) is 18.1. The molecule has 1 nitrogen and oxygen atoms in total. The fourth-order valence-electron chi connectivity index (χ4n) is 9.84. The molecule has 0 spiro atoms. The summed E-state index contributed by atoms with van der Waals surface area (Å²) in [7, 11) is 0. The molecule has 0 fully saturated rings. The van der Waals surface area contributed by atoms with Crippen LogP contribution in [0.2, 0.25) is 0 Å². The smallest absolute Gasteiger partial charge is 0.143 e. The molecule has 0 unspecified atom stereocenters. The summed E-state index contributed by atoms with van der Waals surface area (Å²) >= 11 is 0. The maximum atomic E-state index is 6.38. The van der Waals surface area contributed by atoms with E-state index in [9.17, 15) is 0 Å². The Morgan fingerprint density at radius 3 is 1.74 bits per heavy atom. The summed E-state index contributed by atoms with van der Waals surface area (Å²) in [6.07, 6.45) is 15.2. The minimum atomic E-state index is 0.922. The van der Waals surface area contributed by atoms with Crippen LogP contribution in [0.3, 0.4) is 0 Å². The SMILES string of the molecule is C/C=C\C.C1=CC(c2cccc(-c3ccccc3-c3ccc4ccc5c(-c6ccc(-c7cccc8c7oc7ccccc78)cc6)ccc6ccc3c4c65)c2)=CCC1.C=C(C=C(C)C)c1ccccc1. The first kappa shape index (κ1) is 44.6. The summed E-state index contributed by atoms with van der Waals surface area (Å²) in [6.45, 7) is 12.1. The lowest BCUT2D eigenvalue weighted by molar-refractivity contribution is 0.670. The number of para-hydroxylation sites is 2. The summed E-state index contributed by atoms with van der Waals surface area (Å²) in [5, 5.41) is 10.1. The van der Waals surface area contributed by atoms with Crippen LogP contribution in [0.15, 0.2) is 247 Å². The van der Waals surface area contributed by atoms with Crippen molar-refractivity contribution in [2.24, 2.45) is 0 Å². The van der Waals surface area contributed by atoms with Gasteiger partial charge in [0.05, 0.1) is 0 Å². The van der Waals surface area contributed by atoms with Crippen molar-refractivity contribution >= 4 is 65.4 Å². The monoisotopic (exact) mass is 888 g/mol. The second-order valence-electron chi connectivity index (χ2n) is 18.1. The summed E-state index contributed by atoms with van der Waals surface area (Å²) in [4.78, 5) is 0. The van der Waals surface area contributed by atoms with Crippen molar-refractivity contribution in [3.63, 3.8) is 0 Å². The molecule has 0 saturated heterocycles. The van der Waals surface area contributed by atoms with E-state index in [1.807, 2.05) is 56.3 Å². The van der Waals surface area contributed by atoms with Gasteiger partial charge in [-0.2, -0.15) is 0 Å². The molecule has 12 rings (SSSR count). The number of fused-ring (bicyclic) bond motifs is 3. The second kappa shape index (κ2) is 19.9. The van der Waals surface area contributed by atoms with E-state index >= 15 is 0 Å². The Labute approximate surface area is 406 Å². The lowest BCUT2D eigenvalue weighted by atomic mass is 9.85. The van der Waals surface area contributed by atoms with E-state index in [2.05, 4.69) is 209 Å². The van der Waals surface area contributed by atoms with Crippen molar-refractivity contribution < 1.29 is 4.42 Å². The third kappa shape index (κ3) is 9.00. The fourth-order valence-corrected chi connectivity index (χ4v) is 9.84. The van der Waals surface area contributed by atoms with Crippen molar-refractivity contribution in [3.8, 4) is 44.5 Å². The van der Waals surface area contributed by atoms with Crippen LogP contribution in [0.5, 0.6) is 0 Å². The molecule has 0 saturated carbocycles. The van der Waals surface area contributed by atoms with E-state index in [4.69, 9.17) is 4.42 Å². The zero-order valence-corrected chi connectivity index (χ0v) is 40.0. The Hall–Kier alpha value is -8.26. The standard InChI is InChI=1S/C52H34O.C12H14.C4H8/c1-2-10-33(11-3-1)38-12-8-13-39(32-38)40-14-4-5-15-43(40)44-29-25-37-26-30-46-41(28-24-36-27-31-47(44)51(37)50(36)46)34-20-22-35(23-21-34)42-17-9-18-48-45-16-6-7-19-49(45)53-52(42)48;1-10(2)9-11(3)12-7-5-4-6-8-12;1-3-4-2/h2,4-32H,1,3H2;4-9H,3H2,1-2H3;3-4H,1-2H3/b;;4-3-. The summed E-state index contributed by atoms with van der Waals surface area (Å²) < 4.78 is 6.38. The Morgan fingerprint density at radius 2 is 1.04 bits per heavy atom. The van der Waals surface area contributed by atoms with Crippen molar-refractivity contribution in [3.05, 3.63) is 254 Å². The average molecular weight is 889 g/mol. The van der Waals surface area contributed by atoms with Gasteiger partial charge in [-0.3, -0.25) is 0 Å². The van der Waals surface area contributed by atoms with E-state index < -0.39 is 0 Å². The molecule has 0 N–H and O–H groups in total. The number of rotatable bonds is 7. The predicted molar refractivity (Wildman–Crippen MR) is 301 cm³/mol. The first-order valence-corrected chi connectivity index (χ1v) is 24.1. The van der Waals surface area contributed by atoms with Gasteiger partial charge in [0.25, 0.3) is 0 Å². The van der Waals surface area contributed by atoms with E-state index in [-0.39, 0.29) is 0 Å². The minimum absolute atomic E-state index is 0.922. The summed E-state index contributed by atoms with van der Waals surface area (Å²) in [5.74, 6) is 0. The molecule has 334 valence electrons. The number of hydrogen-bond donors (Lipinski definition) is 0. The maximum Gasteiger partial charge on any atom is 0.143 e. The molecule has 1 aliphatic rings. The first-order chi connectivity index (χ1) is 33.9. The van der Waals surface area contributed by atoms with Gasteiger partial charge < -0.3 is 4.42 Å². The molecule has 0 atom stereocenters. The van der Waals surface area contributed by atoms with Crippen LogP contribution in [0.1, 0.15) is 51.7 Å². The van der Waals surface area contributed by atoms with Crippen LogP contribution < -0.4 is 0 Å². The van der Waals surface area contributed by atoms with E-state index in [0.717, 1.165) is 51.5 Å². The van der Waals surface area contributed by atoms with Crippen molar-refractivity contribution in [2.45, 2.75) is 40.5 Å². The molecule has 1 heterocycles. The highest BCUT2D eigenvalue weighted by atomic mass is 16.3. The number of furan rings is 1. The van der Waals surface area contributed by atoms with Crippen molar-refractivity contribution in [2.75, 3.05) is 0 Å². The highest BCUT2D eigenvalue weighted by Crippen LogP contribution is 2.45. The highest BCUT2D eigenvalue weighted by Gasteiger charge is 2.18. The molecule has 0 radical (unpaired) electrons. The van der Waals surface area contributed by atoms with E-state index in [1.54, 1.807) is 0 Å². The van der Waals surface area contributed by atoms with Crippen LogP contribution in [0, 0.1) is 0 Å². The molecule has 1 aromatic heterocycles. The molecule has 10 aromatic carbocycles. The normalized spacial score (nSPS) is 12.3. The molecule has 1 heteroatoms. The van der Waals surface area contributed by atoms with Crippen LogP contribution in [-0.4, -0.2) is 0 Å². The molecular formula is C68H56O. The van der Waals surface area contributed by atoms with Gasteiger partial charge in [0.2, 0.25) is 0 Å². The lowest BCUT2D eigenvalue weighted by Crippen LogP contribution is -1.92. The van der Waals surface area contributed by atoms with Gasteiger partial charge in [-0.05, 0) is 146 Å². The van der Waals surface area contributed by atoms with E-state index in [0.29, 0.717) is 0 Å². The van der Waals surface area contributed by atoms with Crippen LogP contribution >= 0.6 is 0 Å². The lowest BCUT2D eigenvalue weighted by Gasteiger charge is -2.18. The first-order valence-electron chi connectivity index (χ1n) is 24.1. The third-order valence-electron chi connectivity index (χ3n) is 13.2. The molecule has 11 aromatic rings. The average Bonchev–Trinajstić information content (AvgIpc) is 3.80. The molecule has 69 heavy (non-hydrogen) atoms. The Kier molecular flexibility index (Phi) is 12.9. The number of benzene rings is 10.